The van der Waals surface area contributed by atoms with Gasteiger partial charge in [-0.15, -0.1) is 0 Å². The number of benzene rings is 1. The van der Waals surface area contributed by atoms with Crippen molar-refractivity contribution in [3.8, 4) is 0 Å². The van der Waals surface area contributed by atoms with Crippen molar-refractivity contribution in [2.75, 3.05) is 111 Å². The predicted molar refractivity (Wildman–Crippen MR) is 187 cm³/mol. The zero-order valence-corrected chi connectivity index (χ0v) is 30.0. The van der Waals surface area contributed by atoms with Gasteiger partial charge in [-0.05, 0) is 69.1 Å². The Kier molecular flexibility index (Phi) is 29.1. The van der Waals surface area contributed by atoms with Gasteiger partial charge in [-0.2, -0.15) is 0 Å². The minimum atomic E-state index is -0.355. The van der Waals surface area contributed by atoms with Crippen molar-refractivity contribution in [3.63, 3.8) is 0 Å². The average Bonchev–Trinajstić information content (AvgIpc) is 3.11. The first-order valence-corrected chi connectivity index (χ1v) is 17.8. The molecular weight excluding hydrogens is 654 g/mol. The zero-order valence-electron chi connectivity index (χ0n) is 30.0. The number of rotatable bonds is 36. The molecule has 14 nitrogen and oxygen atoms in total. The van der Waals surface area contributed by atoms with Gasteiger partial charge in [0.15, 0.2) is 5.78 Å². The summed E-state index contributed by atoms with van der Waals surface area (Å²) in [4.78, 5) is 24.2. The highest BCUT2D eigenvalue weighted by atomic mass is 16.6. The van der Waals surface area contributed by atoms with Gasteiger partial charge in [0.2, 0.25) is 0 Å². The fourth-order valence-corrected chi connectivity index (χ4v) is 5.00. The van der Waals surface area contributed by atoms with Crippen LogP contribution in [-0.2, 0) is 44.4 Å². The third kappa shape index (κ3) is 24.2. The molecule has 1 aromatic rings. The largest absolute Gasteiger partial charge is 0.398 e. The molecule has 0 bridgehead atoms. The summed E-state index contributed by atoms with van der Waals surface area (Å²) >= 11 is 0. The molecule has 0 amide bonds. The second-order valence-corrected chi connectivity index (χ2v) is 12.0. The Labute approximate surface area is 297 Å². The normalized spacial score (nSPS) is 13.4. The molecule has 0 fully saturated rings. The number of Topliss-reactive ketones (excluding diaryl/α,β-unsaturated/α-hetero) is 2. The molecule has 0 aliphatic carbocycles. The molecule has 0 saturated heterocycles. The van der Waals surface area contributed by atoms with Crippen LogP contribution in [0.1, 0.15) is 67.8 Å². The fraction of sp³-hybridized carbons (Fsp3) is 0.778. The summed E-state index contributed by atoms with van der Waals surface area (Å²) in [6.45, 7) is 5.02. The lowest BCUT2D eigenvalue weighted by molar-refractivity contribution is -0.119. The molecule has 0 saturated carbocycles. The molecule has 0 radical (unpaired) electrons. The van der Waals surface area contributed by atoms with E-state index in [1.807, 2.05) is 6.07 Å². The van der Waals surface area contributed by atoms with Gasteiger partial charge in [0.05, 0.1) is 79.3 Å². The van der Waals surface area contributed by atoms with Crippen LogP contribution in [0.4, 0.5) is 5.69 Å². The third-order valence-corrected chi connectivity index (χ3v) is 7.68. The fourth-order valence-electron chi connectivity index (χ4n) is 5.00. The lowest BCUT2D eigenvalue weighted by Crippen LogP contribution is -2.28. The molecule has 1 aromatic carbocycles. The van der Waals surface area contributed by atoms with E-state index in [4.69, 9.17) is 59.3 Å². The van der Waals surface area contributed by atoms with Gasteiger partial charge < -0.3 is 59.3 Å². The van der Waals surface area contributed by atoms with E-state index in [1.54, 1.807) is 12.1 Å². The molecule has 0 aliphatic rings. The average molecular weight is 718 g/mol. The Balaban J connectivity index is 2.47. The highest BCUT2D eigenvalue weighted by Crippen LogP contribution is 2.17. The number of hydrogen-bond acceptors (Lipinski definition) is 14. The summed E-state index contributed by atoms with van der Waals surface area (Å²) in [6, 6.07) is 5.34. The molecule has 1 rings (SSSR count). The van der Waals surface area contributed by atoms with Crippen LogP contribution >= 0.6 is 0 Å². The van der Waals surface area contributed by atoms with Gasteiger partial charge in [0, 0.05) is 50.5 Å². The van der Waals surface area contributed by atoms with Gasteiger partial charge in [0.1, 0.15) is 18.0 Å². The summed E-state index contributed by atoms with van der Waals surface area (Å²) in [7, 11) is 0. The molecule has 0 aromatic heterocycles. The van der Waals surface area contributed by atoms with Crippen LogP contribution in [0.15, 0.2) is 18.2 Å². The number of anilines is 1. The predicted octanol–water partition coefficient (Wildman–Crippen LogP) is 1.75. The topological polar surface area (TPSA) is 206 Å². The molecule has 0 aliphatic heterocycles. The number of hydrogen-bond donors (Lipinski definition) is 5. The molecule has 14 heteroatoms. The summed E-state index contributed by atoms with van der Waals surface area (Å²) in [6.07, 6.45) is 4.63. The first-order chi connectivity index (χ1) is 24.3. The summed E-state index contributed by atoms with van der Waals surface area (Å²) in [5.41, 5.74) is 7.73. The summed E-state index contributed by atoms with van der Waals surface area (Å²) < 4.78 is 39.6. The number of nitrogen functional groups attached to an aromatic ring is 1. The number of aliphatic hydroxyl groups is 4. The molecule has 50 heavy (non-hydrogen) atoms. The number of aryl methyl sites for hydroxylation is 1. The number of unbranched alkanes of at least 4 members (excludes halogenated alkanes) is 1. The van der Waals surface area contributed by atoms with Crippen LogP contribution in [-0.4, -0.2) is 150 Å². The standard InChI is InChI=1S/C36H63NO13/c1-29(42)35-23-30(8-10-36(35)37)7-9-32(43)6-2-3-16-44-24-31(11-18-46-26-34(50-22-15-41)28-48-20-13-39)5-4-17-45-25-33(49-21-14-40)27-47-19-12-38/h8,10,23,31,33-34,38-41H,2-7,9,11-22,24-28,37H2,1H3. The molecule has 0 spiro atoms. The van der Waals surface area contributed by atoms with Crippen LogP contribution in [0.3, 0.4) is 0 Å². The maximum Gasteiger partial charge on any atom is 0.161 e. The number of carbonyl (C=O) groups is 2. The van der Waals surface area contributed by atoms with Crippen LogP contribution in [0.5, 0.6) is 0 Å². The Morgan fingerprint density at radius 3 is 1.76 bits per heavy atom. The smallest absolute Gasteiger partial charge is 0.161 e. The first-order valence-electron chi connectivity index (χ1n) is 17.8. The van der Waals surface area contributed by atoms with E-state index >= 15 is 0 Å². The van der Waals surface area contributed by atoms with Gasteiger partial charge in [-0.3, -0.25) is 9.59 Å². The minimum Gasteiger partial charge on any atom is -0.398 e. The minimum absolute atomic E-state index is 0.0807. The number of nitrogens with two attached hydrogens (primary N) is 1. The van der Waals surface area contributed by atoms with Crippen LogP contribution in [0, 0.1) is 5.92 Å². The quantitative estimate of drug-likeness (QED) is 0.0381. The maximum atomic E-state index is 12.5. The van der Waals surface area contributed by atoms with E-state index in [0.717, 1.165) is 37.7 Å². The van der Waals surface area contributed by atoms with E-state index in [2.05, 4.69) is 0 Å². The van der Waals surface area contributed by atoms with Crippen LogP contribution < -0.4 is 5.73 Å². The number of carbonyl (C=O) groups excluding carboxylic acids is 2. The Bertz CT molecular complexity index is 983. The first kappa shape index (κ1) is 45.9. The van der Waals surface area contributed by atoms with Crippen LogP contribution in [0.25, 0.3) is 0 Å². The van der Waals surface area contributed by atoms with E-state index in [9.17, 15) is 9.59 Å². The Morgan fingerprint density at radius 1 is 0.640 bits per heavy atom. The van der Waals surface area contributed by atoms with Crippen molar-refractivity contribution >= 4 is 17.3 Å². The Hall–Kier alpha value is -2.08. The summed E-state index contributed by atoms with van der Waals surface area (Å²) in [5.74, 6) is 0.289. The van der Waals surface area contributed by atoms with Crippen LogP contribution in [0.2, 0.25) is 0 Å². The van der Waals surface area contributed by atoms with Gasteiger partial charge in [-0.25, -0.2) is 0 Å². The SMILES string of the molecule is CC(=O)c1cc(CCC(=O)CCCCOCC(CCCOCC(COCCO)OCCO)CCOCC(COCCO)OCCO)ccc1N. The van der Waals surface area contributed by atoms with E-state index < -0.39 is 0 Å². The summed E-state index contributed by atoms with van der Waals surface area (Å²) in [5, 5.41) is 36.1. The van der Waals surface area contributed by atoms with Crippen molar-refractivity contribution in [1.82, 2.24) is 0 Å². The molecule has 290 valence electrons. The highest BCUT2D eigenvalue weighted by molar-refractivity contribution is 5.99. The Morgan fingerprint density at radius 2 is 1.18 bits per heavy atom. The van der Waals surface area contributed by atoms with Gasteiger partial charge >= 0.3 is 0 Å². The highest BCUT2D eigenvalue weighted by Gasteiger charge is 2.15. The number of ketones is 2. The number of ether oxygens (including phenoxy) is 7. The maximum absolute atomic E-state index is 12.5. The van der Waals surface area contributed by atoms with E-state index in [0.29, 0.717) is 70.2 Å². The lowest BCUT2D eigenvalue weighted by atomic mass is 10.0. The van der Waals surface area contributed by atoms with E-state index in [-0.39, 0.29) is 95.8 Å². The molecular formula is C36H63NO13. The van der Waals surface area contributed by atoms with Gasteiger partial charge in [-0.1, -0.05) is 6.07 Å². The lowest BCUT2D eigenvalue weighted by Gasteiger charge is -2.21. The molecule has 0 heterocycles. The monoisotopic (exact) mass is 717 g/mol. The number of aliphatic hydroxyl groups excluding tert-OH is 4. The van der Waals surface area contributed by atoms with Gasteiger partial charge in [0.25, 0.3) is 0 Å². The van der Waals surface area contributed by atoms with Crippen molar-refractivity contribution in [2.45, 2.75) is 70.5 Å². The van der Waals surface area contributed by atoms with Crippen molar-refractivity contribution in [2.24, 2.45) is 5.92 Å². The van der Waals surface area contributed by atoms with Crippen molar-refractivity contribution < 1.29 is 63.2 Å². The molecule has 3 unspecified atom stereocenters. The second-order valence-electron chi connectivity index (χ2n) is 12.0. The van der Waals surface area contributed by atoms with Crippen molar-refractivity contribution in [1.29, 1.82) is 0 Å². The van der Waals surface area contributed by atoms with Crippen molar-refractivity contribution in [3.05, 3.63) is 29.3 Å². The zero-order chi connectivity index (χ0) is 36.7. The third-order valence-electron chi connectivity index (χ3n) is 7.68. The second kappa shape index (κ2) is 31.6. The molecule has 6 N–H and O–H groups in total. The molecule has 3 atom stereocenters. The van der Waals surface area contributed by atoms with E-state index in [1.165, 1.54) is 6.92 Å².